The molecule has 1 fully saturated rings. The highest BCUT2D eigenvalue weighted by Crippen LogP contribution is 2.19. The Kier molecular flexibility index (Phi) is 6.76. The van der Waals surface area contributed by atoms with Crippen molar-refractivity contribution in [2.45, 2.75) is 12.8 Å². The summed E-state index contributed by atoms with van der Waals surface area (Å²) >= 11 is 0. The fraction of sp³-hybridized carbons (Fsp3) is 0.471. The van der Waals surface area contributed by atoms with Gasteiger partial charge in [0, 0.05) is 38.0 Å². The van der Waals surface area contributed by atoms with E-state index in [-0.39, 0.29) is 25.0 Å². The lowest BCUT2D eigenvalue weighted by atomic mass is 9.98. The van der Waals surface area contributed by atoms with Crippen LogP contribution in [-0.4, -0.2) is 61.1 Å². The summed E-state index contributed by atoms with van der Waals surface area (Å²) in [6, 6.07) is 6.31. The number of aliphatic hydroxyl groups excluding tert-OH is 1. The lowest BCUT2D eigenvalue weighted by Crippen LogP contribution is -2.41. The van der Waals surface area contributed by atoms with E-state index in [2.05, 4.69) is 16.0 Å². The summed E-state index contributed by atoms with van der Waals surface area (Å²) in [4.78, 5) is 37.0. The molecule has 1 aliphatic rings. The SMILES string of the molecule is CNC(=O)NC(=O)CNc1cccc(C(=O)N2CCC[C@H](CO)C2)c1. The number of benzene rings is 1. The highest BCUT2D eigenvalue weighted by atomic mass is 16.3. The third-order valence-electron chi connectivity index (χ3n) is 4.11. The monoisotopic (exact) mass is 348 g/mol. The maximum absolute atomic E-state index is 12.6. The van der Waals surface area contributed by atoms with Gasteiger partial charge in [-0.05, 0) is 37.0 Å². The molecule has 1 atom stereocenters. The zero-order chi connectivity index (χ0) is 18.2. The first kappa shape index (κ1) is 18.7. The molecule has 2 rings (SSSR count). The molecule has 8 nitrogen and oxygen atoms in total. The number of aliphatic hydroxyl groups is 1. The van der Waals surface area contributed by atoms with E-state index < -0.39 is 11.9 Å². The Hall–Kier alpha value is -2.61. The lowest BCUT2D eigenvalue weighted by molar-refractivity contribution is -0.118. The van der Waals surface area contributed by atoms with Crippen LogP contribution >= 0.6 is 0 Å². The molecule has 1 aliphatic heterocycles. The van der Waals surface area contributed by atoms with E-state index in [0.717, 1.165) is 12.8 Å². The maximum Gasteiger partial charge on any atom is 0.321 e. The number of carbonyl (C=O) groups excluding carboxylic acids is 3. The van der Waals surface area contributed by atoms with Gasteiger partial charge < -0.3 is 20.6 Å². The molecule has 0 spiro atoms. The van der Waals surface area contributed by atoms with Gasteiger partial charge in [-0.2, -0.15) is 0 Å². The average Bonchev–Trinajstić information content (AvgIpc) is 2.66. The number of likely N-dealkylation sites (tertiary alicyclic amines) is 1. The van der Waals surface area contributed by atoms with Gasteiger partial charge in [0.05, 0.1) is 6.54 Å². The molecule has 1 aromatic rings. The summed E-state index contributed by atoms with van der Waals surface area (Å²) in [7, 11) is 1.42. The highest BCUT2D eigenvalue weighted by Gasteiger charge is 2.24. The quantitative estimate of drug-likeness (QED) is 0.616. The van der Waals surface area contributed by atoms with E-state index in [1.54, 1.807) is 29.2 Å². The first-order chi connectivity index (χ1) is 12.0. The van der Waals surface area contributed by atoms with Gasteiger partial charge in [-0.25, -0.2) is 4.79 Å². The summed E-state index contributed by atoms with van der Waals surface area (Å²) < 4.78 is 0. The van der Waals surface area contributed by atoms with Crippen LogP contribution in [-0.2, 0) is 4.79 Å². The second-order valence-electron chi connectivity index (χ2n) is 6.00. The Morgan fingerprint density at radius 2 is 2.12 bits per heavy atom. The number of hydrogen-bond donors (Lipinski definition) is 4. The molecule has 4 N–H and O–H groups in total. The zero-order valence-corrected chi connectivity index (χ0v) is 14.2. The Morgan fingerprint density at radius 3 is 2.84 bits per heavy atom. The number of urea groups is 1. The number of rotatable bonds is 5. The Labute approximate surface area is 146 Å². The van der Waals surface area contributed by atoms with Gasteiger partial charge in [0.15, 0.2) is 0 Å². The van der Waals surface area contributed by atoms with Gasteiger partial charge >= 0.3 is 6.03 Å². The number of amides is 4. The number of anilines is 1. The predicted octanol–water partition coefficient (Wildman–Crippen LogP) is 0.399. The fourth-order valence-electron chi connectivity index (χ4n) is 2.76. The number of imide groups is 1. The van der Waals surface area contributed by atoms with Crippen molar-refractivity contribution < 1.29 is 19.5 Å². The van der Waals surface area contributed by atoms with E-state index in [9.17, 15) is 19.5 Å². The van der Waals surface area contributed by atoms with Crippen molar-refractivity contribution in [1.29, 1.82) is 0 Å². The van der Waals surface area contributed by atoms with E-state index in [1.807, 2.05) is 0 Å². The molecule has 25 heavy (non-hydrogen) atoms. The summed E-state index contributed by atoms with van der Waals surface area (Å²) in [6.45, 7) is 1.25. The minimum absolute atomic E-state index is 0.0820. The minimum Gasteiger partial charge on any atom is -0.396 e. The van der Waals surface area contributed by atoms with Crippen LogP contribution in [0.15, 0.2) is 24.3 Å². The number of nitrogens with one attached hydrogen (secondary N) is 3. The van der Waals surface area contributed by atoms with E-state index in [1.165, 1.54) is 7.05 Å². The predicted molar refractivity (Wildman–Crippen MR) is 93.2 cm³/mol. The van der Waals surface area contributed by atoms with Crippen molar-refractivity contribution in [2.75, 3.05) is 38.6 Å². The van der Waals surface area contributed by atoms with E-state index in [4.69, 9.17) is 0 Å². The van der Waals surface area contributed by atoms with Gasteiger partial charge in [-0.15, -0.1) is 0 Å². The summed E-state index contributed by atoms with van der Waals surface area (Å²) in [6.07, 6.45) is 1.82. The van der Waals surface area contributed by atoms with Crippen molar-refractivity contribution >= 4 is 23.5 Å². The van der Waals surface area contributed by atoms with E-state index in [0.29, 0.717) is 24.3 Å². The van der Waals surface area contributed by atoms with Crippen LogP contribution in [0.5, 0.6) is 0 Å². The smallest absolute Gasteiger partial charge is 0.321 e. The van der Waals surface area contributed by atoms with Gasteiger partial charge in [0.2, 0.25) is 5.91 Å². The minimum atomic E-state index is -0.570. The molecule has 4 amide bonds. The second kappa shape index (κ2) is 9.03. The topological polar surface area (TPSA) is 111 Å². The largest absolute Gasteiger partial charge is 0.396 e. The summed E-state index contributed by atoms with van der Waals surface area (Å²) in [5.74, 6) is -0.429. The van der Waals surface area contributed by atoms with Gasteiger partial charge in [-0.1, -0.05) is 6.07 Å². The van der Waals surface area contributed by atoms with Crippen molar-refractivity contribution in [2.24, 2.45) is 5.92 Å². The Balaban J connectivity index is 1.95. The van der Waals surface area contributed by atoms with E-state index >= 15 is 0 Å². The normalized spacial score (nSPS) is 16.9. The van der Waals surface area contributed by atoms with Gasteiger partial charge in [0.25, 0.3) is 5.91 Å². The van der Waals surface area contributed by atoms with Crippen LogP contribution < -0.4 is 16.0 Å². The lowest BCUT2D eigenvalue weighted by Gasteiger charge is -2.32. The molecular formula is C17H24N4O4. The summed E-state index contributed by atoms with van der Waals surface area (Å²) in [5, 5.41) is 16.6. The molecule has 0 aromatic heterocycles. The van der Waals surface area contributed by atoms with Gasteiger partial charge in [-0.3, -0.25) is 14.9 Å². The van der Waals surface area contributed by atoms with Crippen molar-refractivity contribution in [3.8, 4) is 0 Å². The zero-order valence-electron chi connectivity index (χ0n) is 14.2. The standard InChI is InChI=1S/C17H24N4O4/c1-18-17(25)20-15(23)9-19-14-6-2-5-13(8-14)16(24)21-7-3-4-12(10-21)11-22/h2,5-6,8,12,19,22H,3-4,7,9-11H2,1H3,(H2,18,20,23,25)/t12-/m0/s1. The van der Waals surface area contributed by atoms with Crippen LogP contribution in [0.3, 0.4) is 0 Å². The second-order valence-corrected chi connectivity index (χ2v) is 6.00. The van der Waals surface area contributed by atoms with Crippen LogP contribution in [0.25, 0.3) is 0 Å². The summed E-state index contributed by atoms with van der Waals surface area (Å²) in [5.41, 5.74) is 1.14. The van der Waals surface area contributed by atoms with Gasteiger partial charge in [0.1, 0.15) is 0 Å². The molecule has 0 radical (unpaired) electrons. The average molecular weight is 348 g/mol. The molecule has 1 aromatic carbocycles. The third kappa shape index (κ3) is 5.46. The van der Waals surface area contributed by atoms with Crippen LogP contribution in [0, 0.1) is 5.92 Å². The molecular weight excluding hydrogens is 324 g/mol. The highest BCUT2D eigenvalue weighted by molar-refractivity contribution is 5.97. The molecule has 1 heterocycles. The van der Waals surface area contributed by atoms with Crippen LogP contribution in [0.4, 0.5) is 10.5 Å². The van der Waals surface area contributed by atoms with Crippen molar-refractivity contribution in [3.63, 3.8) is 0 Å². The number of carbonyl (C=O) groups is 3. The first-order valence-electron chi connectivity index (χ1n) is 8.29. The number of hydrogen-bond acceptors (Lipinski definition) is 5. The molecule has 0 unspecified atom stereocenters. The Morgan fingerprint density at radius 1 is 1.32 bits per heavy atom. The molecule has 8 heteroatoms. The number of piperidine rings is 1. The third-order valence-corrected chi connectivity index (χ3v) is 4.11. The Bertz CT molecular complexity index is 635. The number of nitrogens with zero attached hydrogens (tertiary/aromatic N) is 1. The first-order valence-corrected chi connectivity index (χ1v) is 8.29. The molecule has 0 saturated carbocycles. The van der Waals surface area contributed by atoms with Crippen LogP contribution in [0.1, 0.15) is 23.2 Å². The molecule has 0 bridgehead atoms. The fourth-order valence-corrected chi connectivity index (χ4v) is 2.76. The van der Waals surface area contributed by atoms with Crippen molar-refractivity contribution in [3.05, 3.63) is 29.8 Å². The van der Waals surface area contributed by atoms with Crippen LogP contribution in [0.2, 0.25) is 0 Å². The molecule has 0 aliphatic carbocycles. The maximum atomic E-state index is 12.6. The molecule has 136 valence electrons. The van der Waals surface area contributed by atoms with Crippen molar-refractivity contribution in [1.82, 2.24) is 15.5 Å². The molecule has 1 saturated heterocycles.